The van der Waals surface area contributed by atoms with Crippen LogP contribution in [0.5, 0.6) is 0 Å². The number of nitrogens with zero attached hydrogens (tertiary/aromatic N) is 2. The van der Waals surface area contributed by atoms with Crippen LogP contribution < -0.4 is 10.2 Å². The third-order valence-electron chi connectivity index (χ3n) is 3.32. The maximum atomic E-state index is 12.7. The molecule has 0 atom stereocenters. The second kappa shape index (κ2) is 7.43. The minimum absolute atomic E-state index is 0.0581. The van der Waals surface area contributed by atoms with Crippen molar-refractivity contribution in [3.8, 4) is 0 Å². The van der Waals surface area contributed by atoms with Gasteiger partial charge in [-0.3, -0.25) is 4.79 Å². The molecule has 4 nitrogen and oxygen atoms in total. The molecule has 0 aliphatic heterocycles. The summed E-state index contributed by atoms with van der Waals surface area (Å²) < 4.78 is 0. The van der Waals surface area contributed by atoms with Gasteiger partial charge in [-0.2, -0.15) is 0 Å². The Bertz CT molecular complexity index is 566. The fraction of sp³-hybridized carbons (Fsp3) is 0.294. The molecule has 1 aromatic carbocycles. The Balaban J connectivity index is 2.24. The molecule has 0 bridgehead atoms. The summed E-state index contributed by atoms with van der Waals surface area (Å²) in [7, 11) is 1.83. The van der Waals surface area contributed by atoms with Crippen molar-refractivity contribution in [3.05, 3.63) is 54.4 Å². The monoisotopic (exact) mass is 283 g/mol. The van der Waals surface area contributed by atoms with Gasteiger partial charge in [0.15, 0.2) is 0 Å². The van der Waals surface area contributed by atoms with Crippen LogP contribution in [-0.4, -0.2) is 24.5 Å². The summed E-state index contributed by atoms with van der Waals surface area (Å²) in [6, 6.07) is 13.4. The highest BCUT2D eigenvalue weighted by atomic mass is 16.2. The number of pyridine rings is 1. The van der Waals surface area contributed by atoms with Gasteiger partial charge in [0.2, 0.25) is 0 Å². The first kappa shape index (κ1) is 15.0. The van der Waals surface area contributed by atoms with E-state index in [9.17, 15) is 4.79 Å². The van der Waals surface area contributed by atoms with E-state index in [1.807, 2.05) is 43.4 Å². The van der Waals surface area contributed by atoms with E-state index in [2.05, 4.69) is 17.2 Å². The number of unbranched alkanes of at least 4 members (excludes halogenated alkanes) is 1. The normalized spacial score (nSPS) is 10.2. The first-order chi connectivity index (χ1) is 10.3. The number of nitrogens with one attached hydrogen (secondary N) is 1. The van der Waals surface area contributed by atoms with E-state index in [0.29, 0.717) is 12.2 Å². The van der Waals surface area contributed by atoms with E-state index in [4.69, 9.17) is 0 Å². The topological polar surface area (TPSA) is 45.2 Å². The quantitative estimate of drug-likeness (QED) is 0.881. The fourth-order valence-electron chi connectivity index (χ4n) is 2.08. The van der Waals surface area contributed by atoms with Crippen molar-refractivity contribution >= 4 is 17.3 Å². The van der Waals surface area contributed by atoms with Gasteiger partial charge in [-0.25, -0.2) is 4.98 Å². The maximum Gasteiger partial charge on any atom is 0.276 e. The first-order valence-corrected chi connectivity index (χ1v) is 7.27. The van der Waals surface area contributed by atoms with E-state index in [-0.39, 0.29) is 5.91 Å². The fourth-order valence-corrected chi connectivity index (χ4v) is 2.08. The molecule has 0 saturated carbocycles. The molecule has 1 heterocycles. The minimum atomic E-state index is -0.0581. The van der Waals surface area contributed by atoms with Crippen LogP contribution in [-0.2, 0) is 0 Å². The summed E-state index contributed by atoms with van der Waals surface area (Å²) in [5.74, 6) is -0.0581. The SMILES string of the molecule is CCCCN(C(=O)c1ccc(NC)cn1)c1ccccc1. The van der Waals surface area contributed by atoms with Crippen molar-refractivity contribution in [2.45, 2.75) is 19.8 Å². The summed E-state index contributed by atoms with van der Waals surface area (Å²) in [4.78, 5) is 18.7. The van der Waals surface area contributed by atoms with Gasteiger partial charge in [-0.15, -0.1) is 0 Å². The van der Waals surface area contributed by atoms with E-state index in [0.717, 1.165) is 24.2 Å². The summed E-state index contributed by atoms with van der Waals surface area (Å²) >= 11 is 0. The lowest BCUT2D eigenvalue weighted by molar-refractivity contribution is 0.0982. The number of benzene rings is 1. The highest BCUT2D eigenvalue weighted by Gasteiger charge is 2.18. The zero-order valence-electron chi connectivity index (χ0n) is 12.5. The highest BCUT2D eigenvalue weighted by molar-refractivity contribution is 6.04. The summed E-state index contributed by atoms with van der Waals surface area (Å²) in [6.45, 7) is 2.82. The van der Waals surface area contributed by atoms with Crippen LogP contribution in [0.2, 0.25) is 0 Å². The smallest absolute Gasteiger partial charge is 0.276 e. The number of carbonyl (C=O) groups excluding carboxylic acids is 1. The van der Waals surface area contributed by atoms with Gasteiger partial charge in [0.05, 0.1) is 11.9 Å². The van der Waals surface area contributed by atoms with E-state index < -0.39 is 0 Å². The van der Waals surface area contributed by atoms with Gasteiger partial charge in [0, 0.05) is 19.3 Å². The number of para-hydroxylation sites is 1. The molecule has 0 aliphatic carbocycles. The van der Waals surface area contributed by atoms with Gasteiger partial charge in [0.1, 0.15) is 5.69 Å². The second-order valence-electron chi connectivity index (χ2n) is 4.83. The molecule has 0 unspecified atom stereocenters. The van der Waals surface area contributed by atoms with Crippen LogP contribution in [0.1, 0.15) is 30.3 Å². The first-order valence-electron chi connectivity index (χ1n) is 7.27. The van der Waals surface area contributed by atoms with Crippen LogP contribution in [0.25, 0.3) is 0 Å². The molecule has 4 heteroatoms. The molecule has 21 heavy (non-hydrogen) atoms. The number of hydrogen-bond donors (Lipinski definition) is 1. The predicted octanol–water partition coefficient (Wildman–Crippen LogP) is 3.57. The standard InChI is InChI=1S/C17H21N3O/c1-3-4-12-20(15-8-6-5-7-9-15)17(21)16-11-10-14(18-2)13-19-16/h5-11,13,18H,3-4,12H2,1-2H3. The lowest BCUT2D eigenvalue weighted by Gasteiger charge is -2.22. The van der Waals surface area contributed by atoms with Crippen molar-refractivity contribution in [2.75, 3.05) is 23.8 Å². The molecular weight excluding hydrogens is 262 g/mol. The average Bonchev–Trinajstić information content (AvgIpc) is 2.56. The zero-order chi connectivity index (χ0) is 15.1. The Kier molecular flexibility index (Phi) is 5.32. The molecule has 0 spiro atoms. The number of hydrogen-bond acceptors (Lipinski definition) is 3. The van der Waals surface area contributed by atoms with Crippen LogP contribution >= 0.6 is 0 Å². The molecular formula is C17H21N3O. The van der Waals surface area contributed by atoms with Crippen LogP contribution in [0.3, 0.4) is 0 Å². The Labute approximate surface area is 125 Å². The summed E-state index contributed by atoms with van der Waals surface area (Å²) in [5, 5.41) is 3.00. The molecule has 0 saturated heterocycles. The van der Waals surface area contributed by atoms with Gasteiger partial charge >= 0.3 is 0 Å². The minimum Gasteiger partial charge on any atom is -0.387 e. The van der Waals surface area contributed by atoms with Crippen LogP contribution in [0, 0.1) is 0 Å². The van der Waals surface area contributed by atoms with Gasteiger partial charge in [-0.1, -0.05) is 31.5 Å². The lowest BCUT2D eigenvalue weighted by Crippen LogP contribution is -2.32. The Morgan fingerprint density at radius 1 is 1.19 bits per heavy atom. The van der Waals surface area contributed by atoms with E-state index >= 15 is 0 Å². The third kappa shape index (κ3) is 3.81. The molecule has 2 aromatic rings. The molecule has 1 amide bonds. The second-order valence-corrected chi connectivity index (χ2v) is 4.83. The van der Waals surface area contributed by atoms with Gasteiger partial charge in [0.25, 0.3) is 5.91 Å². The highest BCUT2D eigenvalue weighted by Crippen LogP contribution is 2.17. The van der Waals surface area contributed by atoms with Crippen LogP contribution in [0.15, 0.2) is 48.7 Å². The van der Waals surface area contributed by atoms with Gasteiger partial charge in [-0.05, 0) is 30.7 Å². The maximum absolute atomic E-state index is 12.7. The molecule has 1 N–H and O–H groups in total. The average molecular weight is 283 g/mol. The van der Waals surface area contributed by atoms with E-state index in [1.165, 1.54) is 0 Å². The Hall–Kier alpha value is -2.36. The number of carbonyl (C=O) groups is 1. The lowest BCUT2D eigenvalue weighted by atomic mass is 10.2. The number of amides is 1. The van der Waals surface area contributed by atoms with Crippen molar-refractivity contribution in [1.82, 2.24) is 4.98 Å². The molecule has 110 valence electrons. The zero-order valence-corrected chi connectivity index (χ0v) is 12.5. The predicted molar refractivity (Wildman–Crippen MR) is 86.8 cm³/mol. The summed E-state index contributed by atoms with van der Waals surface area (Å²) in [5.41, 5.74) is 2.27. The molecule has 0 radical (unpaired) electrons. The molecule has 1 aromatic heterocycles. The van der Waals surface area contributed by atoms with Crippen molar-refractivity contribution in [3.63, 3.8) is 0 Å². The largest absolute Gasteiger partial charge is 0.387 e. The van der Waals surface area contributed by atoms with E-state index in [1.54, 1.807) is 17.2 Å². The van der Waals surface area contributed by atoms with Gasteiger partial charge < -0.3 is 10.2 Å². The molecule has 0 aliphatic rings. The number of anilines is 2. The molecule has 2 rings (SSSR count). The number of rotatable bonds is 6. The number of aromatic nitrogens is 1. The van der Waals surface area contributed by atoms with Crippen molar-refractivity contribution in [1.29, 1.82) is 0 Å². The molecule has 0 fully saturated rings. The van der Waals surface area contributed by atoms with Crippen molar-refractivity contribution < 1.29 is 4.79 Å². The Morgan fingerprint density at radius 3 is 2.52 bits per heavy atom. The summed E-state index contributed by atoms with van der Waals surface area (Å²) in [6.07, 6.45) is 3.69. The third-order valence-corrected chi connectivity index (χ3v) is 3.32. The van der Waals surface area contributed by atoms with Crippen LogP contribution in [0.4, 0.5) is 11.4 Å². The van der Waals surface area contributed by atoms with Crippen molar-refractivity contribution in [2.24, 2.45) is 0 Å². The Morgan fingerprint density at radius 2 is 1.95 bits per heavy atom.